The zero-order chi connectivity index (χ0) is 10.4. The van der Waals surface area contributed by atoms with E-state index in [2.05, 4.69) is 15.4 Å². The number of cyclic esters (lactones) is 2. The molecule has 1 aliphatic rings. The zero-order valence-electron chi connectivity index (χ0n) is 7.52. The van der Waals surface area contributed by atoms with Gasteiger partial charge < -0.3 is 14.2 Å². The fourth-order valence-corrected chi connectivity index (χ4v) is 0.884. The summed E-state index contributed by atoms with van der Waals surface area (Å²) in [5.41, 5.74) is 0. The maximum absolute atomic E-state index is 11.1. The molecular formula is C9H10O5. The molecule has 14 heavy (non-hydrogen) atoms. The van der Waals surface area contributed by atoms with Crippen LogP contribution >= 0.6 is 0 Å². The molecule has 1 unspecified atom stereocenters. The molecule has 1 fully saturated rings. The van der Waals surface area contributed by atoms with Gasteiger partial charge in [-0.3, -0.25) is 0 Å². The molecule has 0 bridgehead atoms. The summed E-state index contributed by atoms with van der Waals surface area (Å²) in [6, 6.07) is 0. The fourth-order valence-electron chi connectivity index (χ4n) is 0.884. The highest BCUT2D eigenvalue weighted by Gasteiger charge is 2.32. The van der Waals surface area contributed by atoms with Crippen molar-refractivity contribution in [2.45, 2.75) is 18.9 Å². The number of carbonyl (C=O) groups excluding carboxylic acids is 2. The molecule has 76 valence electrons. The van der Waals surface area contributed by atoms with Crippen molar-refractivity contribution in [3.05, 3.63) is 0 Å². The molecule has 0 aromatic carbocycles. The summed E-state index contributed by atoms with van der Waals surface area (Å²) < 4.78 is 13.7. The molecule has 0 aromatic heterocycles. The SMILES string of the molecule is C#CCCCOC(=O)C1COC(=O)O1. The molecular weight excluding hydrogens is 188 g/mol. The molecule has 0 amide bonds. The van der Waals surface area contributed by atoms with E-state index in [0.717, 1.165) is 0 Å². The Morgan fingerprint density at radius 2 is 2.50 bits per heavy atom. The molecule has 0 saturated carbocycles. The van der Waals surface area contributed by atoms with Crippen LogP contribution in [0.1, 0.15) is 12.8 Å². The number of terminal acetylenes is 1. The standard InChI is InChI=1S/C9H10O5/c1-2-3-4-5-12-8(10)7-6-13-9(11)14-7/h1,7H,3-6H2. The summed E-state index contributed by atoms with van der Waals surface area (Å²) in [4.78, 5) is 21.6. The van der Waals surface area contributed by atoms with Gasteiger partial charge in [0.05, 0.1) is 6.61 Å². The van der Waals surface area contributed by atoms with E-state index in [-0.39, 0.29) is 13.2 Å². The van der Waals surface area contributed by atoms with Gasteiger partial charge in [0.2, 0.25) is 6.10 Å². The number of hydrogen-bond acceptors (Lipinski definition) is 5. The largest absolute Gasteiger partial charge is 0.509 e. The monoisotopic (exact) mass is 198 g/mol. The van der Waals surface area contributed by atoms with Crippen molar-refractivity contribution in [2.75, 3.05) is 13.2 Å². The zero-order valence-corrected chi connectivity index (χ0v) is 7.52. The quantitative estimate of drug-likeness (QED) is 0.373. The Morgan fingerprint density at radius 3 is 3.07 bits per heavy atom. The van der Waals surface area contributed by atoms with Gasteiger partial charge in [-0.05, 0) is 6.42 Å². The minimum Gasteiger partial charge on any atom is -0.463 e. The third-order valence-electron chi connectivity index (χ3n) is 1.56. The van der Waals surface area contributed by atoms with Crippen molar-refractivity contribution in [1.82, 2.24) is 0 Å². The summed E-state index contributed by atoms with van der Waals surface area (Å²) in [5, 5.41) is 0. The van der Waals surface area contributed by atoms with Gasteiger partial charge in [0.15, 0.2) is 0 Å². The molecule has 0 radical (unpaired) electrons. The lowest BCUT2D eigenvalue weighted by Gasteiger charge is -2.05. The maximum atomic E-state index is 11.1. The van der Waals surface area contributed by atoms with E-state index < -0.39 is 18.2 Å². The van der Waals surface area contributed by atoms with Gasteiger partial charge in [-0.15, -0.1) is 12.3 Å². The third-order valence-corrected chi connectivity index (χ3v) is 1.56. The highest BCUT2D eigenvalue weighted by molar-refractivity contribution is 5.79. The number of carbonyl (C=O) groups is 2. The number of unbranched alkanes of at least 4 members (excludes halogenated alkanes) is 1. The Bertz CT molecular complexity index is 265. The van der Waals surface area contributed by atoms with Crippen LogP contribution in [0.3, 0.4) is 0 Å². The predicted octanol–water partition coefficient (Wildman–Crippen LogP) is 0.478. The van der Waals surface area contributed by atoms with Crippen LogP contribution in [-0.4, -0.2) is 31.4 Å². The first kappa shape index (κ1) is 10.4. The summed E-state index contributed by atoms with van der Waals surface area (Å²) >= 11 is 0. The Hall–Kier alpha value is -1.70. The van der Waals surface area contributed by atoms with Gasteiger partial charge in [0, 0.05) is 6.42 Å². The number of rotatable bonds is 4. The van der Waals surface area contributed by atoms with Crippen molar-refractivity contribution < 1.29 is 23.8 Å². The molecule has 1 atom stereocenters. The van der Waals surface area contributed by atoms with E-state index >= 15 is 0 Å². The van der Waals surface area contributed by atoms with Crippen molar-refractivity contribution in [3.8, 4) is 12.3 Å². The Labute approximate surface area is 81.3 Å². The lowest BCUT2D eigenvalue weighted by Crippen LogP contribution is -2.25. The smallest absolute Gasteiger partial charge is 0.463 e. The molecule has 5 nitrogen and oxygen atoms in total. The van der Waals surface area contributed by atoms with E-state index in [4.69, 9.17) is 11.2 Å². The Morgan fingerprint density at radius 1 is 1.71 bits per heavy atom. The number of ether oxygens (including phenoxy) is 3. The normalized spacial score (nSPS) is 19.4. The average Bonchev–Trinajstić information content (AvgIpc) is 2.59. The van der Waals surface area contributed by atoms with Crippen LogP contribution in [0.2, 0.25) is 0 Å². The van der Waals surface area contributed by atoms with Crippen molar-refractivity contribution in [3.63, 3.8) is 0 Å². The molecule has 0 aromatic rings. The Kier molecular flexibility index (Phi) is 3.80. The molecule has 1 heterocycles. The first-order valence-corrected chi connectivity index (χ1v) is 4.17. The fraction of sp³-hybridized carbons (Fsp3) is 0.556. The van der Waals surface area contributed by atoms with Crippen LogP contribution < -0.4 is 0 Å². The van der Waals surface area contributed by atoms with E-state index in [0.29, 0.717) is 12.8 Å². The van der Waals surface area contributed by atoms with Gasteiger partial charge in [-0.1, -0.05) is 0 Å². The first-order chi connectivity index (χ1) is 6.74. The van der Waals surface area contributed by atoms with Crippen LogP contribution in [0, 0.1) is 12.3 Å². The van der Waals surface area contributed by atoms with Crippen LogP contribution in [0.4, 0.5) is 4.79 Å². The van der Waals surface area contributed by atoms with E-state index in [1.165, 1.54) is 0 Å². The summed E-state index contributed by atoms with van der Waals surface area (Å²) in [7, 11) is 0. The molecule has 0 aliphatic carbocycles. The summed E-state index contributed by atoms with van der Waals surface area (Å²) in [6.07, 6.45) is 4.40. The Balaban J connectivity index is 2.16. The summed E-state index contributed by atoms with van der Waals surface area (Å²) in [5.74, 6) is 1.83. The number of esters is 1. The number of hydrogen-bond donors (Lipinski definition) is 0. The van der Waals surface area contributed by atoms with Crippen LogP contribution in [0.5, 0.6) is 0 Å². The minimum atomic E-state index is -0.923. The van der Waals surface area contributed by atoms with E-state index in [1.54, 1.807) is 0 Å². The second-order valence-electron chi connectivity index (χ2n) is 2.64. The molecule has 0 spiro atoms. The van der Waals surface area contributed by atoms with Gasteiger partial charge >= 0.3 is 12.1 Å². The van der Waals surface area contributed by atoms with Crippen LogP contribution in [-0.2, 0) is 19.0 Å². The predicted molar refractivity (Wildman–Crippen MR) is 45.2 cm³/mol. The minimum absolute atomic E-state index is 0.0766. The summed E-state index contributed by atoms with van der Waals surface area (Å²) in [6.45, 7) is 0.157. The molecule has 0 N–H and O–H groups in total. The molecule has 5 heteroatoms. The third kappa shape index (κ3) is 2.98. The van der Waals surface area contributed by atoms with E-state index in [1.807, 2.05) is 0 Å². The van der Waals surface area contributed by atoms with Gasteiger partial charge in [-0.2, -0.15) is 0 Å². The van der Waals surface area contributed by atoms with Crippen LogP contribution in [0.15, 0.2) is 0 Å². The van der Waals surface area contributed by atoms with Crippen molar-refractivity contribution in [2.24, 2.45) is 0 Å². The topological polar surface area (TPSA) is 61.8 Å². The lowest BCUT2D eigenvalue weighted by molar-refractivity contribution is -0.151. The van der Waals surface area contributed by atoms with Gasteiger partial charge in [0.1, 0.15) is 6.61 Å². The molecule has 1 aliphatic heterocycles. The second kappa shape index (κ2) is 5.12. The highest BCUT2D eigenvalue weighted by atomic mass is 16.8. The van der Waals surface area contributed by atoms with E-state index in [9.17, 15) is 9.59 Å². The first-order valence-electron chi connectivity index (χ1n) is 4.17. The van der Waals surface area contributed by atoms with Gasteiger partial charge in [-0.25, -0.2) is 9.59 Å². The van der Waals surface area contributed by atoms with Crippen LogP contribution in [0.25, 0.3) is 0 Å². The lowest BCUT2D eigenvalue weighted by atomic mass is 10.3. The average molecular weight is 198 g/mol. The molecule has 1 saturated heterocycles. The van der Waals surface area contributed by atoms with Crippen molar-refractivity contribution >= 4 is 12.1 Å². The molecule has 1 rings (SSSR count). The maximum Gasteiger partial charge on any atom is 0.509 e. The van der Waals surface area contributed by atoms with Gasteiger partial charge in [0.25, 0.3) is 0 Å². The highest BCUT2D eigenvalue weighted by Crippen LogP contribution is 2.07. The second-order valence-corrected chi connectivity index (χ2v) is 2.64. The van der Waals surface area contributed by atoms with Crippen molar-refractivity contribution in [1.29, 1.82) is 0 Å².